The summed E-state index contributed by atoms with van der Waals surface area (Å²) in [5.74, 6) is 1.30. The standard InChI is InChI=1S/C22H23N3O3/c1-16-4-3-5-18(12-16)25-19-13-17(14-23-15-19)22(26)24-10-11-28-21-8-6-20(27-2)7-9-21/h3-9,12-15,25H,10-11H2,1-2H3,(H,24,26). The van der Waals surface area contributed by atoms with Gasteiger partial charge in [-0.05, 0) is 55.0 Å². The van der Waals surface area contributed by atoms with Gasteiger partial charge in [-0.1, -0.05) is 12.1 Å². The van der Waals surface area contributed by atoms with Gasteiger partial charge in [-0.3, -0.25) is 9.78 Å². The number of rotatable bonds is 8. The van der Waals surface area contributed by atoms with E-state index in [1.54, 1.807) is 25.6 Å². The van der Waals surface area contributed by atoms with Crippen LogP contribution in [-0.2, 0) is 0 Å². The first-order valence-electron chi connectivity index (χ1n) is 8.98. The van der Waals surface area contributed by atoms with Crippen molar-refractivity contribution in [2.24, 2.45) is 0 Å². The molecular weight excluding hydrogens is 354 g/mol. The molecule has 0 fully saturated rings. The van der Waals surface area contributed by atoms with Crippen LogP contribution in [0.5, 0.6) is 11.5 Å². The van der Waals surface area contributed by atoms with Crippen molar-refractivity contribution in [3.05, 3.63) is 78.1 Å². The number of amides is 1. The summed E-state index contributed by atoms with van der Waals surface area (Å²) in [4.78, 5) is 16.5. The fraction of sp³-hybridized carbons (Fsp3) is 0.182. The van der Waals surface area contributed by atoms with Crippen LogP contribution in [-0.4, -0.2) is 31.2 Å². The zero-order valence-electron chi connectivity index (χ0n) is 15.9. The Kier molecular flexibility index (Phi) is 6.46. The van der Waals surface area contributed by atoms with Gasteiger partial charge < -0.3 is 20.1 Å². The summed E-state index contributed by atoms with van der Waals surface area (Å²) in [5, 5.41) is 6.10. The molecule has 1 heterocycles. The van der Waals surface area contributed by atoms with E-state index in [2.05, 4.69) is 15.6 Å². The van der Waals surface area contributed by atoms with Crippen LogP contribution < -0.4 is 20.1 Å². The molecule has 0 saturated heterocycles. The molecule has 28 heavy (non-hydrogen) atoms. The molecule has 2 aromatic carbocycles. The van der Waals surface area contributed by atoms with Gasteiger partial charge in [0.15, 0.2) is 0 Å². The van der Waals surface area contributed by atoms with Gasteiger partial charge in [0, 0.05) is 11.9 Å². The molecule has 0 atom stereocenters. The Bertz CT molecular complexity index is 926. The normalized spacial score (nSPS) is 10.2. The van der Waals surface area contributed by atoms with Gasteiger partial charge in [0.05, 0.1) is 31.1 Å². The summed E-state index contributed by atoms with van der Waals surface area (Å²) in [6, 6.07) is 17.1. The highest BCUT2D eigenvalue weighted by Crippen LogP contribution is 2.18. The number of methoxy groups -OCH3 is 1. The van der Waals surface area contributed by atoms with E-state index in [0.29, 0.717) is 18.7 Å². The second-order valence-electron chi connectivity index (χ2n) is 6.24. The lowest BCUT2D eigenvalue weighted by molar-refractivity contribution is 0.0946. The summed E-state index contributed by atoms with van der Waals surface area (Å²) in [5.41, 5.74) is 3.35. The summed E-state index contributed by atoms with van der Waals surface area (Å²) in [6.45, 7) is 2.79. The van der Waals surface area contributed by atoms with E-state index in [4.69, 9.17) is 9.47 Å². The fourth-order valence-electron chi connectivity index (χ4n) is 2.63. The Hall–Kier alpha value is -3.54. The highest BCUT2D eigenvalue weighted by atomic mass is 16.5. The minimum Gasteiger partial charge on any atom is -0.497 e. The van der Waals surface area contributed by atoms with Crippen LogP contribution in [0.3, 0.4) is 0 Å². The number of hydrogen-bond acceptors (Lipinski definition) is 5. The summed E-state index contributed by atoms with van der Waals surface area (Å²) in [6.07, 6.45) is 3.23. The molecular formula is C22H23N3O3. The van der Waals surface area contributed by atoms with Gasteiger partial charge >= 0.3 is 0 Å². The van der Waals surface area contributed by atoms with Crippen LogP contribution in [0.4, 0.5) is 11.4 Å². The number of carbonyl (C=O) groups excluding carboxylic acids is 1. The third-order valence-electron chi connectivity index (χ3n) is 4.02. The van der Waals surface area contributed by atoms with Crippen LogP contribution in [0, 0.1) is 6.92 Å². The van der Waals surface area contributed by atoms with Crippen molar-refractivity contribution in [1.82, 2.24) is 10.3 Å². The largest absolute Gasteiger partial charge is 0.497 e. The average Bonchev–Trinajstić information content (AvgIpc) is 2.72. The molecule has 3 rings (SSSR count). The maximum absolute atomic E-state index is 12.3. The molecule has 3 aromatic rings. The molecule has 0 bridgehead atoms. The van der Waals surface area contributed by atoms with Gasteiger partial charge in [-0.25, -0.2) is 0 Å². The predicted octanol–water partition coefficient (Wildman–Crippen LogP) is 3.95. The topological polar surface area (TPSA) is 72.5 Å². The average molecular weight is 377 g/mol. The minimum atomic E-state index is -0.196. The molecule has 2 N–H and O–H groups in total. The van der Waals surface area contributed by atoms with Crippen molar-refractivity contribution in [2.75, 3.05) is 25.6 Å². The molecule has 1 amide bonds. The van der Waals surface area contributed by atoms with E-state index < -0.39 is 0 Å². The third kappa shape index (κ3) is 5.48. The van der Waals surface area contributed by atoms with Gasteiger partial charge in [-0.2, -0.15) is 0 Å². The number of ether oxygens (including phenoxy) is 2. The molecule has 0 unspecified atom stereocenters. The SMILES string of the molecule is COc1ccc(OCCNC(=O)c2cncc(Nc3cccc(C)c3)c2)cc1. The molecule has 0 aliphatic rings. The van der Waals surface area contributed by atoms with Crippen molar-refractivity contribution in [3.63, 3.8) is 0 Å². The van der Waals surface area contributed by atoms with Crippen molar-refractivity contribution in [2.45, 2.75) is 6.92 Å². The summed E-state index contributed by atoms with van der Waals surface area (Å²) in [7, 11) is 1.62. The number of carbonyl (C=O) groups is 1. The van der Waals surface area contributed by atoms with Gasteiger partial charge in [0.25, 0.3) is 5.91 Å². The van der Waals surface area contributed by atoms with Crippen molar-refractivity contribution < 1.29 is 14.3 Å². The number of nitrogens with one attached hydrogen (secondary N) is 2. The van der Waals surface area contributed by atoms with Gasteiger partial charge in [0.2, 0.25) is 0 Å². The summed E-state index contributed by atoms with van der Waals surface area (Å²) >= 11 is 0. The lowest BCUT2D eigenvalue weighted by Gasteiger charge is -2.10. The van der Waals surface area contributed by atoms with E-state index in [1.165, 1.54) is 0 Å². The number of aromatic nitrogens is 1. The Morgan fingerprint density at radius 2 is 1.79 bits per heavy atom. The van der Waals surface area contributed by atoms with Gasteiger partial charge in [-0.15, -0.1) is 0 Å². The van der Waals surface area contributed by atoms with Gasteiger partial charge in [0.1, 0.15) is 18.1 Å². The van der Waals surface area contributed by atoms with E-state index >= 15 is 0 Å². The lowest BCUT2D eigenvalue weighted by atomic mass is 10.2. The van der Waals surface area contributed by atoms with Crippen molar-refractivity contribution in [1.29, 1.82) is 0 Å². The monoisotopic (exact) mass is 377 g/mol. The van der Waals surface area contributed by atoms with Crippen LogP contribution >= 0.6 is 0 Å². The molecule has 0 spiro atoms. The first kappa shape index (κ1) is 19.2. The van der Waals surface area contributed by atoms with Crippen molar-refractivity contribution in [3.8, 4) is 11.5 Å². The van der Waals surface area contributed by atoms with Crippen LogP contribution in [0.1, 0.15) is 15.9 Å². The number of pyridine rings is 1. The van der Waals surface area contributed by atoms with E-state index in [1.807, 2.05) is 55.5 Å². The molecule has 1 aromatic heterocycles. The van der Waals surface area contributed by atoms with E-state index in [9.17, 15) is 4.79 Å². The number of aryl methyl sites for hydroxylation is 1. The molecule has 0 radical (unpaired) electrons. The molecule has 144 valence electrons. The second kappa shape index (κ2) is 9.41. The molecule has 0 aliphatic heterocycles. The van der Waals surface area contributed by atoms with Crippen molar-refractivity contribution >= 4 is 17.3 Å². The highest BCUT2D eigenvalue weighted by Gasteiger charge is 2.07. The number of nitrogens with zero attached hydrogens (tertiary/aromatic N) is 1. The number of anilines is 2. The molecule has 6 heteroatoms. The smallest absolute Gasteiger partial charge is 0.253 e. The fourth-order valence-corrected chi connectivity index (χ4v) is 2.63. The predicted molar refractivity (Wildman–Crippen MR) is 110 cm³/mol. The van der Waals surface area contributed by atoms with Crippen LogP contribution in [0.25, 0.3) is 0 Å². The van der Waals surface area contributed by atoms with Crippen LogP contribution in [0.15, 0.2) is 67.0 Å². The second-order valence-corrected chi connectivity index (χ2v) is 6.24. The highest BCUT2D eigenvalue weighted by molar-refractivity contribution is 5.94. The van der Waals surface area contributed by atoms with E-state index in [-0.39, 0.29) is 5.91 Å². The Morgan fingerprint density at radius 3 is 2.54 bits per heavy atom. The zero-order valence-corrected chi connectivity index (χ0v) is 15.9. The molecule has 6 nitrogen and oxygen atoms in total. The lowest BCUT2D eigenvalue weighted by Crippen LogP contribution is -2.28. The van der Waals surface area contributed by atoms with E-state index in [0.717, 1.165) is 28.4 Å². The van der Waals surface area contributed by atoms with Crippen LogP contribution in [0.2, 0.25) is 0 Å². The first-order valence-corrected chi connectivity index (χ1v) is 8.98. The number of hydrogen-bond donors (Lipinski definition) is 2. The summed E-state index contributed by atoms with van der Waals surface area (Å²) < 4.78 is 10.7. The maximum atomic E-state index is 12.3. The quantitative estimate of drug-likeness (QED) is 0.582. The molecule has 0 saturated carbocycles. The molecule has 0 aliphatic carbocycles. The Morgan fingerprint density at radius 1 is 1.00 bits per heavy atom. The Balaban J connectivity index is 1.50. The first-order chi connectivity index (χ1) is 13.6. The Labute approximate surface area is 164 Å². The third-order valence-corrected chi connectivity index (χ3v) is 4.02. The minimum absolute atomic E-state index is 0.196. The number of benzene rings is 2. The zero-order chi connectivity index (χ0) is 19.8. The maximum Gasteiger partial charge on any atom is 0.253 e.